The molecule has 2 fully saturated rings. The highest BCUT2D eigenvalue weighted by atomic mass is 19.1. The molecule has 2 aliphatic heterocycles. The Morgan fingerprint density at radius 2 is 1.82 bits per heavy atom. The van der Waals surface area contributed by atoms with Gasteiger partial charge in [0.1, 0.15) is 12.1 Å². The summed E-state index contributed by atoms with van der Waals surface area (Å²) in [7, 11) is 1.72. The number of hydrogen-bond acceptors (Lipinski definition) is 6. The maximum Gasteiger partial charge on any atom is 0.240 e. The van der Waals surface area contributed by atoms with Gasteiger partial charge in [-0.1, -0.05) is 46.8 Å². The Morgan fingerprint density at radius 3 is 2.37 bits per heavy atom. The van der Waals surface area contributed by atoms with E-state index in [1.807, 2.05) is 44.4 Å². The normalized spacial score (nSPS) is 23.9. The van der Waals surface area contributed by atoms with Crippen LogP contribution in [0.1, 0.15) is 59.9 Å². The summed E-state index contributed by atoms with van der Waals surface area (Å²) in [5.41, 5.74) is -0.380. The predicted octanol–water partition coefficient (Wildman–Crippen LogP) is 2.75. The van der Waals surface area contributed by atoms with Crippen LogP contribution in [0.4, 0.5) is 4.39 Å². The van der Waals surface area contributed by atoms with E-state index in [1.165, 1.54) is 12.1 Å². The highest BCUT2D eigenvalue weighted by molar-refractivity contribution is 5.84. The molecule has 2 saturated heterocycles. The minimum Gasteiger partial charge on any atom is -0.369 e. The molecule has 2 N–H and O–H groups in total. The van der Waals surface area contributed by atoms with Crippen molar-refractivity contribution in [3.63, 3.8) is 0 Å². The predicted molar refractivity (Wildman–Crippen MR) is 145 cm³/mol. The van der Waals surface area contributed by atoms with E-state index in [0.717, 1.165) is 11.8 Å². The van der Waals surface area contributed by atoms with E-state index in [4.69, 9.17) is 4.74 Å². The molecule has 0 spiro atoms. The Balaban J connectivity index is 1.84. The molecule has 0 bridgehead atoms. The van der Waals surface area contributed by atoms with Gasteiger partial charge in [-0.3, -0.25) is 9.59 Å². The molecule has 0 radical (unpaired) electrons. The maximum atomic E-state index is 14.1. The van der Waals surface area contributed by atoms with E-state index in [1.54, 1.807) is 26.1 Å². The van der Waals surface area contributed by atoms with Crippen molar-refractivity contribution in [2.24, 2.45) is 11.3 Å². The Bertz CT molecular complexity index is 980. The quantitative estimate of drug-likeness (QED) is 0.426. The van der Waals surface area contributed by atoms with E-state index in [-0.39, 0.29) is 48.3 Å². The van der Waals surface area contributed by atoms with Gasteiger partial charge in [0, 0.05) is 26.1 Å². The molecule has 5 atom stereocenters. The zero-order chi connectivity index (χ0) is 28.3. The molecular weight excluding hydrogens is 487 g/mol. The van der Waals surface area contributed by atoms with Crippen molar-refractivity contribution >= 4 is 18.1 Å². The standard InChI is InChI=1S/C29H45FN4O4/c1-19(2)14-24(36)34-15-23(38-16-20-8-10-21(30)11-9-20)25-22(34)12-13-33(25)27(37)26(28(3,4)5)32-17-29(6,18-35)31-7/h8-11,18-19,22-23,25-26,31-32H,12-17H2,1-7H3. The lowest BCUT2D eigenvalue weighted by molar-refractivity contribution is -0.140. The summed E-state index contributed by atoms with van der Waals surface area (Å²) < 4.78 is 19.7. The number of halogens is 1. The molecule has 3 rings (SSSR count). The van der Waals surface area contributed by atoms with E-state index < -0.39 is 17.0 Å². The van der Waals surface area contributed by atoms with Crippen molar-refractivity contribution in [2.45, 2.75) is 90.8 Å². The number of amides is 2. The third kappa shape index (κ3) is 6.98. The summed E-state index contributed by atoms with van der Waals surface area (Å²) in [4.78, 5) is 42.7. The Kier molecular flexibility index (Phi) is 9.71. The van der Waals surface area contributed by atoms with Gasteiger partial charge in [0.2, 0.25) is 11.8 Å². The molecule has 8 nitrogen and oxygen atoms in total. The number of likely N-dealkylation sites (tertiary alicyclic amines) is 2. The second-order valence-electron chi connectivity index (χ2n) is 12.5. The van der Waals surface area contributed by atoms with Crippen LogP contribution >= 0.6 is 0 Å². The molecule has 1 aromatic rings. The van der Waals surface area contributed by atoms with Gasteiger partial charge < -0.3 is 30.0 Å². The third-order valence-electron chi connectivity index (χ3n) is 7.76. The average Bonchev–Trinajstić information content (AvgIpc) is 3.43. The van der Waals surface area contributed by atoms with Gasteiger partial charge in [-0.05, 0) is 49.4 Å². The van der Waals surface area contributed by atoms with Gasteiger partial charge in [0.25, 0.3) is 0 Å². The second-order valence-corrected chi connectivity index (χ2v) is 12.5. The van der Waals surface area contributed by atoms with Gasteiger partial charge in [-0.2, -0.15) is 0 Å². The van der Waals surface area contributed by atoms with Crippen LogP contribution in [0.15, 0.2) is 24.3 Å². The number of aldehydes is 1. The Labute approximate surface area is 226 Å². The lowest BCUT2D eigenvalue weighted by atomic mass is 9.85. The minimum atomic E-state index is -0.800. The molecule has 2 heterocycles. The third-order valence-corrected chi connectivity index (χ3v) is 7.76. The Morgan fingerprint density at radius 1 is 1.16 bits per heavy atom. The number of nitrogens with one attached hydrogen (secondary N) is 2. The number of carbonyl (C=O) groups excluding carboxylic acids is 3. The van der Waals surface area contributed by atoms with Crippen LogP contribution in [0, 0.1) is 17.2 Å². The number of carbonyl (C=O) groups is 3. The Hall–Kier alpha value is -2.36. The second kappa shape index (κ2) is 12.2. The first-order chi connectivity index (χ1) is 17.8. The van der Waals surface area contributed by atoms with Crippen molar-refractivity contribution in [3.8, 4) is 0 Å². The monoisotopic (exact) mass is 532 g/mol. The number of rotatable bonds is 11. The molecule has 38 heavy (non-hydrogen) atoms. The molecule has 1 aromatic carbocycles. The largest absolute Gasteiger partial charge is 0.369 e. The molecule has 0 saturated carbocycles. The molecule has 212 valence electrons. The van der Waals surface area contributed by atoms with Gasteiger partial charge in [0.15, 0.2) is 0 Å². The molecule has 5 unspecified atom stereocenters. The van der Waals surface area contributed by atoms with E-state index >= 15 is 0 Å². The van der Waals surface area contributed by atoms with Crippen molar-refractivity contribution in [1.29, 1.82) is 0 Å². The fourth-order valence-electron chi connectivity index (χ4n) is 5.40. The molecule has 0 aliphatic carbocycles. The van der Waals surface area contributed by atoms with Crippen molar-refractivity contribution in [1.82, 2.24) is 20.4 Å². The minimum absolute atomic E-state index is 0.0529. The van der Waals surface area contributed by atoms with Crippen molar-refractivity contribution in [2.75, 3.05) is 26.7 Å². The number of benzene rings is 1. The van der Waals surface area contributed by atoms with E-state index in [0.29, 0.717) is 32.5 Å². The summed E-state index contributed by atoms with van der Waals surface area (Å²) in [6.45, 7) is 13.4. The first kappa shape index (κ1) is 30.2. The first-order valence-corrected chi connectivity index (χ1v) is 13.6. The summed E-state index contributed by atoms with van der Waals surface area (Å²) in [6, 6.07) is 5.26. The zero-order valence-corrected chi connectivity index (χ0v) is 23.9. The van der Waals surface area contributed by atoms with Crippen LogP contribution < -0.4 is 10.6 Å². The smallest absolute Gasteiger partial charge is 0.240 e. The average molecular weight is 533 g/mol. The van der Waals surface area contributed by atoms with Crippen LogP contribution in [0.25, 0.3) is 0 Å². The van der Waals surface area contributed by atoms with Crippen LogP contribution in [0.5, 0.6) is 0 Å². The molecule has 0 aromatic heterocycles. The molecule has 2 aliphatic rings. The number of ether oxygens (including phenoxy) is 1. The number of fused-ring (bicyclic) bond motifs is 1. The van der Waals surface area contributed by atoms with E-state index in [2.05, 4.69) is 10.6 Å². The summed E-state index contributed by atoms with van der Waals surface area (Å²) in [6.07, 6.45) is 1.63. The van der Waals surface area contributed by atoms with E-state index in [9.17, 15) is 18.8 Å². The molecule has 2 amide bonds. The lowest BCUT2D eigenvalue weighted by Gasteiger charge is -2.38. The van der Waals surface area contributed by atoms with Gasteiger partial charge in [-0.15, -0.1) is 0 Å². The summed E-state index contributed by atoms with van der Waals surface area (Å²) in [5.74, 6) is -0.0493. The van der Waals surface area contributed by atoms with Crippen LogP contribution in [0.3, 0.4) is 0 Å². The van der Waals surface area contributed by atoms with Crippen molar-refractivity contribution < 1.29 is 23.5 Å². The molecular formula is C29H45FN4O4. The fraction of sp³-hybridized carbons (Fsp3) is 0.690. The van der Waals surface area contributed by atoms with Gasteiger partial charge in [-0.25, -0.2) is 4.39 Å². The fourth-order valence-corrected chi connectivity index (χ4v) is 5.40. The van der Waals surface area contributed by atoms with Crippen LogP contribution in [-0.2, 0) is 25.7 Å². The van der Waals surface area contributed by atoms with Gasteiger partial charge in [0.05, 0.1) is 36.4 Å². The number of nitrogens with zero attached hydrogens (tertiary/aromatic N) is 2. The zero-order valence-electron chi connectivity index (χ0n) is 23.9. The topological polar surface area (TPSA) is 91.0 Å². The maximum absolute atomic E-state index is 14.1. The van der Waals surface area contributed by atoms with Crippen LogP contribution in [0.2, 0.25) is 0 Å². The summed E-state index contributed by atoms with van der Waals surface area (Å²) in [5, 5.41) is 6.37. The number of likely N-dealkylation sites (N-methyl/N-ethyl adjacent to an activating group) is 1. The summed E-state index contributed by atoms with van der Waals surface area (Å²) >= 11 is 0. The highest BCUT2D eigenvalue weighted by Crippen LogP contribution is 2.36. The van der Waals surface area contributed by atoms with Gasteiger partial charge >= 0.3 is 0 Å². The SMILES string of the molecule is CNC(C)(C=O)CNC(C(=O)N1CCC2C1C(OCc1ccc(F)cc1)CN2C(=O)CC(C)C)C(C)(C)C. The lowest BCUT2D eigenvalue weighted by Crippen LogP contribution is -2.60. The number of hydrogen-bond donors (Lipinski definition) is 2. The molecule has 9 heteroatoms. The van der Waals surface area contributed by atoms with Crippen molar-refractivity contribution in [3.05, 3.63) is 35.6 Å². The first-order valence-electron chi connectivity index (χ1n) is 13.6. The van der Waals surface area contributed by atoms with Crippen LogP contribution in [-0.4, -0.2) is 84.4 Å². The highest BCUT2D eigenvalue weighted by Gasteiger charge is 2.53.